The van der Waals surface area contributed by atoms with Crippen molar-refractivity contribution in [2.24, 2.45) is 11.8 Å². The van der Waals surface area contributed by atoms with Crippen LogP contribution in [0.25, 0.3) is 0 Å². The molecule has 0 fully saturated rings. The minimum absolute atomic E-state index is 0.0813. The molecule has 0 bridgehead atoms. The summed E-state index contributed by atoms with van der Waals surface area (Å²) in [5, 5.41) is 0. The average molecular weight is 244 g/mol. The number of amides is 2. The first kappa shape index (κ1) is 15.9. The molecule has 0 aromatic rings. The predicted octanol–water partition coefficient (Wildman–Crippen LogP) is -0.587. The SMILES string of the molecule is CCN(CC)C(=O)CN(C)CC(C)C(=O)NN. The number of hydrogen-bond acceptors (Lipinski definition) is 4. The van der Waals surface area contributed by atoms with E-state index in [0.29, 0.717) is 26.2 Å². The summed E-state index contributed by atoms with van der Waals surface area (Å²) in [4.78, 5) is 26.6. The van der Waals surface area contributed by atoms with Crippen LogP contribution in [-0.2, 0) is 9.59 Å². The Hall–Kier alpha value is -1.14. The highest BCUT2D eigenvalue weighted by atomic mass is 16.2. The number of carbonyl (C=O) groups excluding carboxylic acids is 2. The number of likely N-dealkylation sites (N-methyl/N-ethyl adjacent to an activating group) is 2. The zero-order valence-electron chi connectivity index (χ0n) is 11.2. The standard InChI is InChI=1S/C11H24N4O2/c1-5-15(6-2)10(16)8-14(4)7-9(3)11(17)13-12/h9H,5-8,12H2,1-4H3,(H,13,17). The minimum atomic E-state index is -0.227. The molecule has 0 radical (unpaired) electrons. The maximum absolute atomic E-state index is 11.8. The van der Waals surface area contributed by atoms with Crippen LogP contribution in [-0.4, -0.2) is 54.8 Å². The van der Waals surface area contributed by atoms with Gasteiger partial charge < -0.3 is 4.90 Å². The third-order valence-corrected chi connectivity index (χ3v) is 2.70. The Balaban J connectivity index is 4.13. The van der Waals surface area contributed by atoms with E-state index in [4.69, 9.17) is 5.84 Å². The molecule has 100 valence electrons. The molecule has 17 heavy (non-hydrogen) atoms. The van der Waals surface area contributed by atoms with Crippen LogP contribution in [0.4, 0.5) is 0 Å². The predicted molar refractivity (Wildman–Crippen MR) is 66.9 cm³/mol. The number of nitrogens with two attached hydrogens (primary N) is 1. The van der Waals surface area contributed by atoms with Crippen LogP contribution < -0.4 is 11.3 Å². The molecule has 1 unspecified atom stereocenters. The van der Waals surface area contributed by atoms with Crippen molar-refractivity contribution in [3.05, 3.63) is 0 Å². The lowest BCUT2D eigenvalue weighted by molar-refractivity contribution is -0.132. The zero-order chi connectivity index (χ0) is 13.4. The van der Waals surface area contributed by atoms with Crippen LogP contribution in [0.5, 0.6) is 0 Å². The van der Waals surface area contributed by atoms with Gasteiger partial charge in [0.05, 0.1) is 6.54 Å². The normalized spacial score (nSPS) is 12.4. The zero-order valence-corrected chi connectivity index (χ0v) is 11.2. The maximum atomic E-state index is 11.8. The van der Waals surface area contributed by atoms with Gasteiger partial charge in [0.1, 0.15) is 0 Å². The molecule has 3 N–H and O–H groups in total. The summed E-state index contributed by atoms with van der Waals surface area (Å²) in [6, 6.07) is 0. The summed E-state index contributed by atoms with van der Waals surface area (Å²) < 4.78 is 0. The maximum Gasteiger partial charge on any atom is 0.237 e. The molecule has 0 rings (SSSR count). The highest BCUT2D eigenvalue weighted by Crippen LogP contribution is 1.99. The van der Waals surface area contributed by atoms with Crippen molar-refractivity contribution in [1.29, 1.82) is 0 Å². The van der Waals surface area contributed by atoms with Crippen molar-refractivity contribution in [2.75, 3.05) is 33.2 Å². The van der Waals surface area contributed by atoms with Gasteiger partial charge in [-0.1, -0.05) is 6.92 Å². The Bertz CT molecular complexity index is 254. The number of hydrazine groups is 1. The fourth-order valence-electron chi connectivity index (χ4n) is 1.66. The van der Waals surface area contributed by atoms with Crippen LogP contribution in [0.15, 0.2) is 0 Å². The Morgan fingerprint density at radius 3 is 2.24 bits per heavy atom. The molecule has 1 atom stereocenters. The second-order valence-electron chi connectivity index (χ2n) is 4.17. The summed E-state index contributed by atoms with van der Waals surface area (Å²) in [5.74, 6) is 4.69. The molecule has 0 saturated carbocycles. The van der Waals surface area contributed by atoms with Crippen LogP contribution in [0.2, 0.25) is 0 Å². The number of rotatable bonds is 7. The summed E-state index contributed by atoms with van der Waals surface area (Å²) in [5.41, 5.74) is 2.11. The molecule has 2 amide bonds. The Kier molecular flexibility index (Phi) is 7.49. The van der Waals surface area contributed by atoms with Crippen molar-refractivity contribution in [1.82, 2.24) is 15.2 Å². The molecule has 0 aliphatic rings. The molecule has 0 saturated heterocycles. The van der Waals surface area contributed by atoms with Gasteiger partial charge in [0.2, 0.25) is 11.8 Å². The van der Waals surface area contributed by atoms with Gasteiger partial charge in [-0.15, -0.1) is 0 Å². The van der Waals surface area contributed by atoms with Gasteiger partial charge in [0.15, 0.2) is 0 Å². The van der Waals surface area contributed by atoms with Crippen LogP contribution in [0.1, 0.15) is 20.8 Å². The first-order chi connectivity index (χ1) is 7.96. The molecule has 0 aliphatic carbocycles. The summed E-state index contributed by atoms with van der Waals surface area (Å²) in [7, 11) is 1.82. The van der Waals surface area contributed by atoms with Crippen molar-refractivity contribution in [3.8, 4) is 0 Å². The summed E-state index contributed by atoms with van der Waals surface area (Å²) >= 11 is 0. The lowest BCUT2D eigenvalue weighted by Gasteiger charge is -2.24. The molecule has 6 nitrogen and oxygen atoms in total. The minimum Gasteiger partial charge on any atom is -0.342 e. The van der Waals surface area contributed by atoms with Gasteiger partial charge in [-0.3, -0.25) is 19.9 Å². The van der Waals surface area contributed by atoms with Crippen LogP contribution in [0.3, 0.4) is 0 Å². The Morgan fingerprint density at radius 2 is 1.82 bits per heavy atom. The monoisotopic (exact) mass is 244 g/mol. The molecule has 0 spiro atoms. The highest BCUT2D eigenvalue weighted by molar-refractivity contribution is 5.79. The van der Waals surface area contributed by atoms with Crippen LogP contribution >= 0.6 is 0 Å². The number of carbonyl (C=O) groups is 2. The summed E-state index contributed by atoms with van der Waals surface area (Å²) in [6.07, 6.45) is 0. The first-order valence-corrected chi connectivity index (χ1v) is 5.92. The third kappa shape index (κ3) is 5.65. The fourth-order valence-corrected chi connectivity index (χ4v) is 1.66. The highest BCUT2D eigenvalue weighted by Gasteiger charge is 2.17. The van der Waals surface area contributed by atoms with E-state index in [1.165, 1.54) is 0 Å². The van der Waals surface area contributed by atoms with Crippen molar-refractivity contribution in [3.63, 3.8) is 0 Å². The lowest BCUT2D eigenvalue weighted by atomic mass is 10.1. The van der Waals surface area contributed by atoms with Gasteiger partial charge in [-0.25, -0.2) is 5.84 Å². The van der Waals surface area contributed by atoms with E-state index in [1.807, 2.05) is 25.8 Å². The van der Waals surface area contributed by atoms with Crippen molar-refractivity contribution in [2.45, 2.75) is 20.8 Å². The van der Waals surface area contributed by atoms with Crippen molar-refractivity contribution < 1.29 is 9.59 Å². The third-order valence-electron chi connectivity index (χ3n) is 2.70. The van der Waals surface area contributed by atoms with E-state index in [2.05, 4.69) is 5.43 Å². The topological polar surface area (TPSA) is 78.7 Å². The van der Waals surface area contributed by atoms with E-state index >= 15 is 0 Å². The van der Waals surface area contributed by atoms with Crippen LogP contribution in [0, 0.1) is 5.92 Å². The van der Waals surface area contributed by atoms with Gasteiger partial charge in [-0.05, 0) is 20.9 Å². The van der Waals surface area contributed by atoms with E-state index in [-0.39, 0.29) is 17.7 Å². The second-order valence-corrected chi connectivity index (χ2v) is 4.17. The van der Waals surface area contributed by atoms with E-state index in [1.54, 1.807) is 11.8 Å². The second kappa shape index (κ2) is 8.03. The lowest BCUT2D eigenvalue weighted by Crippen LogP contribution is -2.43. The number of nitrogens with one attached hydrogen (secondary N) is 1. The van der Waals surface area contributed by atoms with E-state index < -0.39 is 0 Å². The van der Waals surface area contributed by atoms with Gasteiger partial charge in [0, 0.05) is 25.6 Å². The number of nitrogens with zero attached hydrogens (tertiary/aromatic N) is 2. The van der Waals surface area contributed by atoms with Gasteiger partial charge >= 0.3 is 0 Å². The molecule has 0 aromatic carbocycles. The van der Waals surface area contributed by atoms with Gasteiger partial charge in [0.25, 0.3) is 0 Å². The Labute approximate surface area is 103 Å². The summed E-state index contributed by atoms with van der Waals surface area (Å²) in [6.45, 7) is 7.93. The molecule has 0 aromatic heterocycles. The largest absolute Gasteiger partial charge is 0.342 e. The number of hydrogen-bond donors (Lipinski definition) is 2. The molecule has 0 heterocycles. The van der Waals surface area contributed by atoms with E-state index in [9.17, 15) is 9.59 Å². The average Bonchev–Trinajstić information content (AvgIpc) is 2.29. The molecular formula is C11H24N4O2. The molecule has 6 heteroatoms. The first-order valence-electron chi connectivity index (χ1n) is 5.92. The Morgan fingerprint density at radius 1 is 1.29 bits per heavy atom. The van der Waals surface area contributed by atoms with Crippen molar-refractivity contribution >= 4 is 11.8 Å². The van der Waals surface area contributed by atoms with E-state index in [0.717, 1.165) is 0 Å². The smallest absolute Gasteiger partial charge is 0.237 e. The molecule has 0 aliphatic heterocycles. The fraction of sp³-hybridized carbons (Fsp3) is 0.818. The van der Waals surface area contributed by atoms with Gasteiger partial charge in [-0.2, -0.15) is 0 Å². The quantitative estimate of drug-likeness (QED) is 0.356. The molecular weight excluding hydrogens is 220 g/mol.